The summed E-state index contributed by atoms with van der Waals surface area (Å²) in [6.45, 7) is 9.24. The first-order valence-corrected chi connectivity index (χ1v) is 6.20. The van der Waals surface area contributed by atoms with E-state index in [4.69, 9.17) is 11.6 Å². The smallest absolute Gasteiger partial charge is 0.0523 e. The Bertz CT molecular complexity index is 215. The average molecular weight is 215 g/mol. The van der Waals surface area contributed by atoms with Gasteiger partial charge in [-0.2, -0.15) is 0 Å². The predicted molar refractivity (Wildman–Crippen MR) is 64.8 cm³/mol. The van der Waals surface area contributed by atoms with Gasteiger partial charge in [0.1, 0.15) is 0 Å². The summed E-state index contributed by atoms with van der Waals surface area (Å²) in [7, 11) is 0. The molecule has 0 aromatic heterocycles. The van der Waals surface area contributed by atoms with Crippen LogP contribution in [0.5, 0.6) is 0 Å². The first kappa shape index (κ1) is 12.1. The van der Waals surface area contributed by atoms with Crippen molar-refractivity contribution in [2.24, 2.45) is 11.3 Å². The zero-order valence-corrected chi connectivity index (χ0v) is 10.7. The van der Waals surface area contributed by atoms with E-state index in [0.29, 0.717) is 5.41 Å². The second kappa shape index (κ2) is 4.70. The minimum atomic E-state index is 0.262. The fourth-order valence-electron chi connectivity index (χ4n) is 2.32. The van der Waals surface area contributed by atoms with Gasteiger partial charge in [-0.15, -0.1) is 11.6 Å². The van der Waals surface area contributed by atoms with Gasteiger partial charge in [0.2, 0.25) is 0 Å². The lowest BCUT2D eigenvalue weighted by Crippen LogP contribution is -2.22. The summed E-state index contributed by atoms with van der Waals surface area (Å²) in [5.74, 6) is 0.805. The molecule has 2 atom stereocenters. The molecule has 14 heavy (non-hydrogen) atoms. The summed E-state index contributed by atoms with van der Waals surface area (Å²) >= 11 is 6.25. The number of hydrogen-bond acceptors (Lipinski definition) is 0. The van der Waals surface area contributed by atoms with Gasteiger partial charge in [0.05, 0.1) is 5.38 Å². The van der Waals surface area contributed by atoms with Crippen molar-refractivity contribution in [3.63, 3.8) is 0 Å². The van der Waals surface area contributed by atoms with Crippen LogP contribution < -0.4 is 0 Å². The lowest BCUT2D eigenvalue weighted by atomic mass is 9.75. The zero-order valence-electron chi connectivity index (χ0n) is 9.94. The summed E-state index contributed by atoms with van der Waals surface area (Å²) in [6.07, 6.45) is 7.16. The Balaban J connectivity index is 2.60. The molecule has 0 heterocycles. The highest BCUT2D eigenvalue weighted by molar-refractivity contribution is 6.21. The van der Waals surface area contributed by atoms with Crippen LogP contribution in [0.25, 0.3) is 0 Å². The molecule has 0 fully saturated rings. The molecule has 0 N–H and O–H groups in total. The minimum Gasteiger partial charge on any atom is -0.118 e. The predicted octanol–water partition coefficient (Wildman–Crippen LogP) is 4.78. The van der Waals surface area contributed by atoms with Gasteiger partial charge in [-0.05, 0) is 30.6 Å². The first-order chi connectivity index (χ1) is 6.43. The van der Waals surface area contributed by atoms with E-state index in [2.05, 4.69) is 33.8 Å². The maximum atomic E-state index is 6.25. The minimum absolute atomic E-state index is 0.262. The van der Waals surface area contributed by atoms with Gasteiger partial charge < -0.3 is 0 Å². The average Bonchev–Trinajstić information content (AvgIpc) is 1.99. The van der Waals surface area contributed by atoms with E-state index in [9.17, 15) is 0 Å². The molecule has 2 unspecified atom stereocenters. The maximum absolute atomic E-state index is 6.25. The molecule has 0 aromatic carbocycles. The van der Waals surface area contributed by atoms with E-state index in [1.165, 1.54) is 19.3 Å². The van der Waals surface area contributed by atoms with Crippen LogP contribution in [-0.2, 0) is 0 Å². The number of rotatable bonds is 3. The topological polar surface area (TPSA) is 0 Å². The van der Waals surface area contributed by atoms with Crippen molar-refractivity contribution < 1.29 is 0 Å². The highest BCUT2D eigenvalue weighted by Gasteiger charge is 2.27. The SMILES string of the molecule is CCC(C)CC1=CC(Cl)CC(C)(C)C1. The van der Waals surface area contributed by atoms with Crippen molar-refractivity contribution >= 4 is 11.6 Å². The van der Waals surface area contributed by atoms with Gasteiger partial charge in [0.15, 0.2) is 0 Å². The lowest BCUT2D eigenvalue weighted by molar-refractivity contribution is 0.313. The van der Waals surface area contributed by atoms with Crippen LogP contribution in [0.15, 0.2) is 11.6 Å². The fraction of sp³-hybridized carbons (Fsp3) is 0.846. The molecule has 0 spiro atoms. The van der Waals surface area contributed by atoms with Crippen LogP contribution in [-0.4, -0.2) is 5.38 Å². The summed E-state index contributed by atoms with van der Waals surface area (Å²) in [4.78, 5) is 0. The maximum Gasteiger partial charge on any atom is 0.0523 e. The van der Waals surface area contributed by atoms with Gasteiger partial charge in [-0.3, -0.25) is 0 Å². The van der Waals surface area contributed by atoms with Crippen LogP contribution in [0.3, 0.4) is 0 Å². The molecule has 0 amide bonds. The first-order valence-electron chi connectivity index (χ1n) is 5.76. The molecular formula is C13H23Cl. The van der Waals surface area contributed by atoms with Crippen molar-refractivity contribution in [2.75, 3.05) is 0 Å². The van der Waals surface area contributed by atoms with Crippen LogP contribution in [0.4, 0.5) is 0 Å². The molecule has 0 aliphatic heterocycles. The number of allylic oxidation sites excluding steroid dienone is 2. The van der Waals surface area contributed by atoms with Crippen LogP contribution in [0.2, 0.25) is 0 Å². The Morgan fingerprint density at radius 2 is 2.21 bits per heavy atom. The molecule has 1 rings (SSSR count). The van der Waals surface area contributed by atoms with E-state index < -0.39 is 0 Å². The van der Waals surface area contributed by atoms with E-state index in [1.807, 2.05) is 0 Å². The number of hydrogen-bond donors (Lipinski definition) is 0. The molecule has 1 heteroatoms. The highest BCUT2D eigenvalue weighted by atomic mass is 35.5. The van der Waals surface area contributed by atoms with Crippen LogP contribution in [0.1, 0.15) is 53.4 Å². The molecule has 0 nitrogen and oxygen atoms in total. The molecule has 0 bridgehead atoms. The van der Waals surface area contributed by atoms with Crippen molar-refractivity contribution in [3.8, 4) is 0 Å². The van der Waals surface area contributed by atoms with Crippen molar-refractivity contribution in [3.05, 3.63) is 11.6 Å². The third kappa shape index (κ3) is 3.65. The largest absolute Gasteiger partial charge is 0.118 e. The van der Waals surface area contributed by atoms with E-state index in [1.54, 1.807) is 5.57 Å². The summed E-state index contributed by atoms with van der Waals surface area (Å²) in [6, 6.07) is 0. The second-order valence-electron chi connectivity index (χ2n) is 5.60. The molecule has 0 saturated heterocycles. The van der Waals surface area contributed by atoms with E-state index in [0.717, 1.165) is 12.3 Å². The third-order valence-electron chi connectivity index (χ3n) is 3.18. The van der Waals surface area contributed by atoms with Crippen LogP contribution in [0, 0.1) is 11.3 Å². The molecule has 0 aromatic rings. The Kier molecular flexibility index (Phi) is 4.06. The van der Waals surface area contributed by atoms with E-state index in [-0.39, 0.29) is 5.38 Å². The van der Waals surface area contributed by atoms with Gasteiger partial charge in [0, 0.05) is 0 Å². The quantitative estimate of drug-likeness (QED) is 0.469. The molecular weight excluding hydrogens is 192 g/mol. The zero-order chi connectivity index (χ0) is 10.8. The van der Waals surface area contributed by atoms with Crippen molar-refractivity contribution in [1.29, 1.82) is 0 Å². The van der Waals surface area contributed by atoms with Crippen molar-refractivity contribution in [1.82, 2.24) is 0 Å². The Morgan fingerprint density at radius 1 is 1.57 bits per heavy atom. The number of alkyl halides is 1. The Hall–Kier alpha value is 0.0300. The highest BCUT2D eigenvalue weighted by Crippen LogP contribution is 2.39. The molecule has 1 aliphatic carbocycles. The van der Waals surface area contributed by atoms with Crippen LogP contribution >= 0.6 is 11.6 Å². The molecule has 82 valence electrons. The third-order valence-corrected chi connectivity index (χ3v) is 3.46. The fourth-order valence-corrected chi connectivity index (χ4v) is 2.92. The van der Waals surface area contributed by atoms with Gasteiger partial charge in [-0.1, -0.05) is 45.8 Å². The van der Waals surface area contributed by atoms with Gasteiger partial charge in [-0.25, -0.2) is 0 Å². The Labute approximate surface area is 93.7 Å². The summed E-state index contributed by atoms with van der Waals surface area (Å²) in [5.41, 5.74) is 1.99. The Morgan fingerprint density at radius 3 is 2.71 bits per heavy atom. The lowest BCUT2D eigenvalue weighted by Gasteiger charge is -2.33. The van der Waals surface area contributed by atoms with E-state index >= 15 is 0 Å². The molecule has 0 saturated carbocycles. The number of halogens is 1. The van der Waals surface area contributed by atoms with Gasteiger partial charge in [0.25, 0.3) is 0 Å². The molecule has 1 aliphatic rings. The summed E-state index contributed by atoms with van der Waals surface area (Å²) < 4.78 is 0. The van der Waals surface area contributed by atoms with Gasteiger partial charge >= 0.3 is 0 Å². The summed E-state index contributed by atoms with van der Waals surface area (Å²) in [5, 5.41) is 0.262. The standard InChI is InChI=1S/C13H23Cl/c1-5-10(2)6-11-7-12(14)9-13(3,4)8-11/h7,10,12H,5-6,8-9H2,1-4H3. The van der Waals surface area contributed by atoms with Crippen molar-refractivity contribution in [2.45, 2.75) is 58.8 Å². The second-order valence-corrected chi connectivity index (χ2v) is 6.16. The monoisotopic (exact) mass is 214 g/mol. The normalized spacial score (nSPS) is 28.4. The molecule has 0 radical (unpaired) electrons.